The first-order valence-electron chi connectivity index (χ1n) is 12.3. The highest BCUT2D eigenvalue weighted by atomic mass is 16.2. The van der Waals surface area contributed by atoms with Crippen LogP contribution in [0.5, 0.6) is 0 Å². The van der Waals surface area contributed by atoms with Crippen molar-refractivity contribution < 1.29 is 4.79 Å². The third-order valence-electron chi connectivity index (χ3n) is 6.34. The molecule has 5 nitrogen and oxygen atoms in total. The maximum Gasteiger partial charge on any atom is 0.266 e. The number of hydrogen-bond acceptors (Lipinski definition) is 3. The maximum atomic E-state index is 13.8. The smallest absolute Gasteiger partial charge is 0.266 e. The molecule has 1 heterocycles. The largest absolute Gasteiger partial charge is 0.333 e. The molecule has 0 aliphatic carbocycles. The van der Waals surface area contributed by atoms with Gasteiger partial charge in [0.1, 0.15) is 5.82 Å². The monoisotopic (exact) mass is 461 g/mol. The average molecular weight is 462 g/mol. The minimum absolute atomic E-state index is 0.0923. The van der Waals surface area contributed by atoms with Gasteiger partial charge < -0.3 is 4.90 Å². The first kappa shape index (κ1) is 25.7. The molecular formula is C29H39N3O2. The van der Waals surface area contributed by atoms with Gasteiger partial charge in [0.15, 0.2) is 0 Å². The van der Waals surface area contributed by atoms with E-state index in [0.29, 0.717) is 35.6 Å². The van der Waals surface area contributed by atoms with Gasteiger partial charge in [-0.05, 0) is 73.9 Å². The van der Waals surface area contributed by atoms with Crippen LogP contribution in [-0.2, 0) is 4.79 Å². The van der Waals surface area contributed by atoms with E-state index in [-0.39, 0.29) is 22.9 Å². The van der Waals surface area contributed by atoms with E-state index in [4.69, 9.17) is 4.98 Å². The van der Waals surface area contributed by atoms with Crippen molar-refractivity contribution in [3.05, 3.63) is 69.8 Å². The number of carbonyl (C=O) groups excluding carboxylic acids is 1. The second-order valence-electron chi connectivity index (χ2n) is 11.1. The minimum atomic E-state index is -0.354. The number of hydrogen-bond donors (Lipinski definition) is 0. The van der Waals surface area contributed by atoms with Crippen molar-refractivity contribution in [3.8, 4) is 5.69 Å². The van der Waals surface area contributed by atoms with Gasteiger partial charge in [-0.15, -0.1) is 0 Å². The summed E-state index contributed by atoms with van der Waals surface area (Å²) >= 11 is 0. The lowest BCUT2D eigenvalue weighted by molar-refractivity contribution is -0.135. The fraction of sp³-hybridized carbons (Fsp3) is 0.483. The summed E-state index contributed by atoms with van der Waals surface area (Å²) in [5, 5.41) is 0.575. The number of rotatable bonds is 7. The van der Waals surface area contributed by atoms with Crippen LogP contribution in [0.4, 0.5) is 0 Å². The lowest BCUT2D eigenvalue weighted by Gasteiger charge is -2.33. The highest BCUT2D eigenvalue weighted by Gasteiger charge is 2.29. The third-order valence-corrected chi connectivity index (χ3v) is 6.34. The molecule has 0 aliphatic heterocycles. The highest BCUT2D eigenvalue weighted by Crippen LogP contribution is 2.28. The van der Waals surface area contributed by atoms with Crippen molar-refractivity contribution >= 4 is 16.8 Å². The number of aryl methyl sites for hydroxylation is 2. The van der Waals surface area contributed by atoms with Crippen molar-refractivity contribution in [1.82, 2.24) is 14.5 Å². The van der Waals surface area contributed by atoms with Crippen LogP contribution >= 0.6 is 0 Å². The van der Waals surface area contributed by atoms with Crippen LogP contribution in [-0.4, -0.2) is 26.9 Å². The summed E-state index contributed by atoms with van der Waals surface area (Å²) < 4.78 is 1.70. The van der Waals surface area contributed by atoms with Crippen LogP contribution in [0.3, 0.4) is 0 Å². The van der Waals surface area contributed by atoms with Crippen LogP contribution in [0.2, 0.25) is 0 Å². The predicted molar refractivity (Wildman–Crippen MR) is 140 cm³/mol. The van der Waals surface area contributed by atoms with E-state index in [1.807, 2.05) is 61.2 Å². The number of fused-ring (bicyclic) bond motifs is 1. The van der Waals surface area contributed by atoms with Crippen molar-refractivity contribution in [2.45, 2.75) is 74.3 Å². The van der Waals surface area contributed by atoms with Crippen LogP contribution in [0.15, 0.2) is 47.3 Å². The van der Waals surface area contributed by atoms with Crippen LogP contribution in [0, 0.1) is 25.2 Å². The van der Waals surface area contributed by atoms with Crippen molar-refractivity contribution in [2.75, 3.05) is 6.54 Å². The summed E-state index contributed by atoms with van der Waals surface area (Å²) in [5.41, 5.74) is 3.47. The highest BCUT2D eigenvalue weighted by molar-refractivity contribution is 5.79. The van der Waals surface area contributed by atoms with Gasteiger partial charge in [-0.1, -0.05) is 52.8 Å². The van der Waals surface area contributed by atoms with E-state index in [9.17, 15) is 9.59 Å². The van der Waals surface area contributed by atoms with Gasteiger partial charge in [0, 0.05) is 13.0 Å². The molecule has 0 aliphatic rings. The van der Waals surface area contributed by atoms with Gasteiger partial charge in [-0.2, -0.15) is 0 Å². The Labute approximate surface area is 203 Å². The second-order valence-corrected chi connectivity index (χ2v) is 11.1. The van der Waals surface area contributed by atoms with E-state index in [2.05, 4.69) is 41.5 Å². The van der Waals surface area contributed by atoms with Gasteiger partial charge in [-0.25, -0.2) is 4.98 Å². The SMILES string of the molecule is Cc1ccc(-n2c(C(C)N(CCC(C)C)C(=O)CC(C)(C)C)nc3ccccc3c2=O)cc1C. The summed E-state index contributed by atoms with van der Waals surface area (Å²) in [7, 11) is 0. The molecule has 34 heavy (non-hydrogen) atoms. The molecule has 2 aromatic carbocycles. The maximum absolute atomic E-state index is 13.8. The molecule has 0 fully saturated rings. The Balaban J connectivity index is 2.22. The van der Waals surface area contributed by atoms with Crippen LogP contribution in [0.1, 0.15) is 77.4 Å². The number of nitrogens with zero attached hydrogens (tertiary/aromatic N) is 3. The molecule has 0 N–H and O–H groups in total. The molecular weight excluding hydrogens is 422 g/mol. The molecule has 0 spiro atoms. The van der Waals surface area contributed by atoms with E-state index < -0.39 is 0 Å². The lowest BCUT2D eigenvalue weighted by atomic mass is 9.91. The Kier molecular flexibility index (Phi) is 7.64. The Hall–Kier alpha value is -2.95. The Morgan fingerprint density at radius 2 is 1.71 bits per heavy atom. The zero-order valence-corrected chi connectivity index (χ0v) is 22.0. The van der Waals surface area contributed by atoms with Gasteiger partial charge in [0.25, 0.3) is 5.56 Å². The number of aromatic nitrogens is 2. The van der Waals surface area contributed by atoms with Gasteiger partial charge in [-0.3, -0.25) is 14.2 Å². The molecule has 1 amide bonds. The molecule has 182 valence electrons. The molecule has 3 aromatic rings. The summed E-state index contributed by atoms with van der Waals surface area (Å²) in [6.45, 7) is 17.3. The summed E-state index contributed by atoms with van der Waals surface area (Å²) in [6, 6.07) is 13.1. The van der Waals surface area contributed by atoms with E-state index in [1.54, 1.807) is 4.57 Å². The average Bonchev–Trinajstić information content (AvgIpc) is 2.74. The number of amides is 1. The molecule has 0 bridgehead atoms. The first-order valence-corrected chi connectivity index (χ1v) is 12.3. The summed E-state index contributed by atoms with van der Waals surface area (Å²) in [4.78, 5) is 34.1. The zero-order valence-electron chi connectivity index (χ0n) is 22.0. The van der Waals surface area contributed by atoms with E-state index in [0.717, 1.165) is 17.7 Å². The van der Waals surface area contributed by atoms with Crippen LogP contribution in [0.25, 0.3) is 16.6 Å². The van der Waals surface area contributed by atoms with Crippen LogP contribution < -0.4 is 5.56 Å². The predicted octanol–water partition coefficient (Wildman–Crippen LogP) is 6.37. The third kappa shape index (κ3) is 5.75. The first-order chi connectivity index (χ1) is 15.9. The lowest BCUT2D eigenvalue weighted by Crippen LogP contribution is -2.39. The molecule has 0 saturated heterocycles. The Morgan fingerprint density at radius 1 is 1.03 bits per heavy atom. The Morgan fingerprint density at radius 3 is 2.32 bits per heavy atom. The number of para-hydroxylation sites is 1. The summed E-state index contributed by atoms with van der Waals surface area (Å²) in [5.74, 6) is 1.15. The topological polar surface area (TPSA) is 55.2 Å². The zero-order chi connectivity index (χ0) is 25.2. The number of carbonyl (C=O) groups is 1. The molecule has 5 heteroatoms. The second kappa shape index (κ2) is 10.1. The minimum Gasteiger partial charge on any atom is -0.333 e. The van der Waals surface area contributed by atoms with Crippen molar-refractivity contribution in [3.63, 3.8) is 0 Å². The van der Waals surface area contributed by atoms with E-state index >= 15 is 0 Å². The van der Waals surface area contributed by atoms with Crippen molar-refractivity contribution in [2.24, 2.45) is 11.3 Å². The molecule has 0 radical (unpaired) electrons. The molecule has 1 aromatic heterocycles. The van der Waals surface area contributed by atoms with E-state index in [1.165, 1.54) is 5.56 Å². The van der Waals surface area contributed by atoms with Gasteiger partial charge >= 0.3 is 0 Å². The fourth-order valence-corrected chi connectivity index (χ4v) is 4.17. The standard InChI is InChI=1S/C29H39N3O2/c1-19(2)15-16-31(26(33)18-29(6,7)8)22(5)27-30-25-12-10-9-11-24(25)28(34)32(27)23-14-13-20(3)21(4)17-23/h9-14,17,19,22H,15-16,18H2,1-8H3. The molecule has 0 saturated carbocycles. The quantitative estimate of drug-likeness (QED) is 0.410. The normalized spacial score (nSPS) is 12.9. The number of benzene rings is 2. The van der Waals surface area contributed by atoms with Gasteiger partial charge in [0.2, 0.25) is 5.91 Å². The Bertz CT molecular complexity index is 1230. The fourth-order valence-electron chi connectivity index (χ4n) is 4.17. The van der Waals surface area contributed by atoms with Crippen molar-refractivity contribution in [1.29, 1.82) is 0 Å². The summed E-state index contributed by atoms with van der Waals surface area (Å²) in [6.07, 6.45) is 1.33. The molecule has 1 atom stereocenters. The molecule has 3 rings (SSSR count). The van der Waals surface area contributed by atoms with Gasteiger partial charge in [0.05, 0.1) is 22.6 Å². The molecule has 1 unspecified atom stereocenters.